The van der Waals surface area contributed by atoms with Crippen LogP contribution in [0.2, 0.25) is 0 Å². The molecular formula is C33H39F2N7O2. The number of aromatic nitrogens is 2. The van der Waals surface area contributed by atoms with Gasteiger partial charge in [0.15, 0.2) is 0 Å². The summed E-state index contributed by atoms with van der Waals surface area (Å²) in [6.45, 7) is 14.9. The number of aryl methyl sites for hydroxylation is 1. The molecule has 1 spiro atoms. The third kappa shape index (κ3) is 4.65. The molecule has 9 nitrogen and oxygen atoms in total. The van der Waals surface area contributed by atoms with Crippen LogP contribution in [0.4, 0.5) is 14.6 Å². The minimum Gasteiger partial charge on any atom is -0.461 e. The minimum atomic E-state index is -0.861. The molecular weight excluding hydrogens is 564 g/mol. The van der Waals surface area contributed by atoms with Gasteiger partial charge in [0.05, 0.1) is 16.8 Å². The van der Waals surface area contributed by atoms with Gasteiger partial charge >= 0.3 is 6.01 Å². The van der Waals surface area contributed by atoms with Gasteiger partial charge in [-0.25, -0.2) is 15.4 Å². The molecule has 5 heterocycles. The first-order valence-electron chi connectivity index (χ1n) is 15.7. The summed E-state index contributed by atoms with van der Waals surface area (Å²) >= 11 is 0. The maximum Gasteiger partial charge on any atom is 0.318 e. The van der Waals surface area contributed by atoms with Crippen LogP contribution in [0.15, 0.2) is 30.9 Å². The number of halogens is 2. The first-order valence-corrected chi connectivity index (χ1v) is 15.7. The number of ether oxygens (including phenoxy) is 1. The van der Waals surface area contributed by atoms with Crippen LogP contribution in [0.25, 0.3) is 4.85 Å². The quantitative estimate of drug-likeness (QED) is 0.370. The zero-order valence-electron chi connectivity index (χ0n) is 25.3. The summed E-state index contributed by atoms with van der Waals surface area (Å²) in [5.41, 5.74) is 2.73. The number of hydrogen-bond acceptors (Lipinski definition) is 7. The summed E-state index contributed by atoms with van der Waals surface area (Å²) in [5.74, 6) is 0.363. The Morgan fingerprint density at radius 2 is 2.11 bits per heavy atom. The molecule has 3 fully saturated rings. The van der Waals surface area contributed by atoms with E-state index in [1.807, 2.05) is 13.1 Å². The molecule has 0 radical (unpaired) electrons. The summed E-state index contributed by atoms with van der Waals surface area (Å²) in [6, 6.07) is 5.28. The Morgan fingerprint density at radius 3 is 2.93 bits per heavy atom. The van der Waals surface area contributed by atoms with Gasteiger partial charge in [0.1, 0.15) is 30.5 Å². The van der Waals surface area contributed by atoms with E-state index in [0.717, 1.165) is 60.4 Å². The number of rotatable bonds is 6. The van der Waals surface area contributed by atoms with Gasteiger partial charge in [0.2, 0.25) is 12.5 Å². The van der Waals surface area contributed by atoms with E-state index in [1.54, 1.807) is 17.0 Å². The number of nitrogens with zero attached hydrogens (tertiary/aromatic N) is 7. The largest absolute Gasteiger partial charge is 0.461 e. The van der Waals surface area contributed by atoms with Crippen LogP contribution in [-0.2, 0) is 29.7 Å². The van der Waals surface area contributed by atoms with Crippen molar-refractivity contribution in [1.82, 2.24) is 24.7 Å². The molecule has 1 unspecified atom stereocenters. The fourth-order valence-electron chi connectivity index (χ4n) is 8.62. The zero-order valence-corrected chi connectivity index (χ0v) is 25.3. The van der Waals surface area contributed by atoms with Crippen LogP contribution in [0.3, 0.4) is 0 Å². The van der Waals surface area contributed by atoms with Gasteiger partial charge < -0.3 is 19.4 Å². The molecule has 44 heavy (non-hydrogen) atoms. The molecule has 1 aliphatic carbocycles. The van der Waals surface area contributed by atoms with Crippen molar-refractivity contribution in [3.05, 3.63) is 70.5 Å². The highest BCUT2D eigenvalue weighted by Gasteiger charge is 2.51. The Kier molecular flexibility index (Phi) is 7.33. The third-order valence-corrected chi connectivity index (χ3v) is 10.8. The second-order valence-corrected chi connectivity index (χ2v) is 13.1. The maximum atomic E-state index is 15.4. The highest BCUT2D eigenvalue weighted by atomic mass is 19.1. The minimum absolute atomic E-state index is 0.175. The number of amides is 1. The number of benzene rings is 1. The molecule has 0 N–H and O–H groups in total. The number of carbonyl (C=O) groups excluding carboxylic acids is 1. The van der Waals surface area contributed by atoms with E-state index >= 15 is 4.39 Å². The molecule has 0 saturated carbocycles. The van der Waals surface area contributed by atoms with Crippen LogP contribution in [0.1, 0.15) is 48.1 Å². The molecule has 2 aromatic rings. The zero-order chi connectivity index (χ0) is 30.6. The van der Waals surface area contributed by atoms with Crippen molar-refractivity contribution < 1.29 is 18.3 Å². The second kappa shape index (κ2) is 11.1. The Labute approximate surface area is 257 Å². The van der Waals surface area contributed by atoms with E-state index in [-0.39, 0.29) is 35.9 Å². The predicted molar refractivity (Wildman–Crippen MR) is 162 cm³/mol. The van der Waals surface area contributed by atoms with Gasteiger partial charge in [0.25, 0.3) is 0 Å². The van der Waals surface area contributed by atoms with Gasteiger partial charge in [-0.2, -0.15) is 9.97 Å². The van der Waals surface area contributed by atoms with Crippen molar-refractivity contribution in [2.24, 2.45) is 0 Å². The normalized spacial score (nSPS) is 29.8. The van der Waals surface area contributed by atoms with Crippen molar-refractivity contribution in [3.8, 4) is 6.01 Å². The van der Waals surface area contributed by atoms with Crippen molar-refractivity contribution >= 4 is 11.7 Å². The first kappa shape index (κ1) is 29.1. The van der Waals surface area contributed by atoms with Gasteiger partial charge in [-0.3, -0.25) is 14.6 Å². The molecule has 4 atom stereocenters. The van der Waals surface area contributed by atoms with E-state index in [9.17, 15) is 9.18 Å². The fourth-order valence-corrected chi connectivity index (χ4v) is 8.62. The Hall–Kier alpha value is -3.62. The number of likely N-dealkylation sites (N-methyl/N-ethyl adjacent to an activating group) is 1. The average Bonchev–Trinajstić information content (AvgIpc) is 3.67. The SMILES string of the molecule is [C-]#[N+]C[C@H]1CN(c2nc(OC[C@@]34CCCN3C[C@H](F)C4)nc3c2CN(C)C2(CCc4cccc(F)c42)C3)CCN1C(=O)C=C. The Morgan fingerprint density at radius 1 is 1.25 bits per heavy atom. The maximum absolute atomic E-state index is 15.4. The van der Waals surface area contributed by atoms with E-state index in [2.05, 4.69) is 26.1 Å². The highest BCUT2D eigenvalue weighted by molar-refractivity contribution is 5.87. The molecule has 5 aliphatic rings. The average molecular weight is 604 g/mol. The molecule has 7 rings (SSSR count). The monoisotopic (exact) mass is 603 g/mol. The van der Waals surface area contributed by atoms with Crippen LogP contribution in [-0.4, -0.2) is 101 Å². The topological polar surface area (TPSA) is 69.4 Å². The smallest absolute Gasteiger partial charge is 0.318 e. The number of carbonyl (C=O) groups is 1. The van der Waals surface area contributed by atoms with Crippen LogP contribution in [0.5, 0.6) is 6.01 Å². The number of anilines is 1. The van der Waals surface area contributed by atoms with Gasteiger partial charge in [-0.05, 0) is 57.0 Å². The number of hydrogen-bond donors (Lipinski definition) is 0. The summed E-state index contributed by atoms with van der Waals surface area (Å²) in [5, 5.41) is 0. The van der Waals surface area contributed by atoms with Gasteiger partial charge in [0, 0.05) is 56.7 Å². The predicted octanol–water partition coefficient (Wildman–Crippen LogP) is 3.52. The Balaban J connectivity index is 1.26. The summed E-state index contributed by atoms with van der Waals surface area (Å²) in [4.78, 5) is 34.5. The lowest BCUT2D eigenvalue weighted by Gasteiger charge is -2.46. The molecule has 1 aromatic carbocycles. The summed E-state index contributed by atoms with van der Waals surface area (Å²) < 4.78 is 36.3. The van der Waals surface area contributed by atoms with Gasteiger partial charge in [-0.1, -0.05) is 18.7 Å². The summed E-state index contributed by atoms with van der Waals surface area (Å²) in [7, 11) is 2.04. The molecule has 3 saturated heterocycles. The number of alkyl halides is 1. The molecule has 0 bridgehead atoms. The highest BCUT2D eigenvalue weighted by Crippen LogP contribution is 2.49. The van der Waals surface area contributed by atoms with Crippen molar-refractivity contribution in [2.75, 3.05) is 57.8 Å². The molecule has 1 amide bonds. The lowest BCUT2D eigenvalue weighted by atomic mass is 9.80. The number of piperazine rings is 1. The number of fused-ring (bicyclic) bond motifs is 4. The molecule has 1 aromatic heterocycles. The van der Waals surface area contributed by atoms with Crippen molar-refractivity contribution in [3.63, 3.8) is 0 Å². The van der Waals surface area contributed by atoms with Crippen molar-refractivity contribution in [2.45, 2.75) is 68.4 Å². The van der Waals surface area contributed by atoms with E-state index in [0.29, 0.717) is 52.2 Å². The standard InChI is InChI=1S/C33H39F2N7O2/c1-4-28(43)42-14-13-40(19-24(42)17-36-2)30-25-20-39(3)33(11-9-22-7-5-8-26(35)29(22)33)16-27(25)37-31(38-30)44-21-32-10-6-12-41(32)18-23(34)15-32/h4-5,7-8,23-24H,1,6,9-21H2,3H3/t23-,24+,32+,33?/m1/s1. The third-order valence-electron chi connectivity index (χ3n) is 10.8. The van der Waals surface area contributed by atoms with Crippen LogP contribution < -0.4 is 9.64 Å². The summed E-state index contributed by atoms with van der Waals surface area (Å²) in [6.07, 6.45) is 4.90. The Bertz CT molecular complexity index is 1530. The molecule has 11 heteroatoms. The first-order chi connectivity index (χ1) is 21.3. The van der Waals surface area contributed by atoms with E-state index < -0.39 is 11.7 Å². The van der Waals surface area contributed by atoms with Crippen LogP contribution >= 0.6 is 0 Å². The van der Waals surface area contributed by atoms with Crippen LogP contribution in [0, 0.1) is 12.4 Å². The van der Waals surface area contributed by atoms with Crippen molar-refractivity contribution in [1.29, 1.82) is 0 Å². The van der Waals surface area contributed by atoms with Gasteiger partial charge in [-0.15, -0.1) is 0 Å². The van der Waals surface area contributed by atoms with E-state index in [4.69, 9.17) is 21.3 Å². The molecule has 232 valence electrons. The lowest BCUT2D eigenvalue weighted by Crippen LogP contribution is -2.56. The molecule has 4 aliphatic heterocycles. The van der Waals surface area contributed by atoms with E-state index in [1.165, 1.54) is 6.08 Å². The second-order valence-electron chi connectivity index (χ2n) is 13.1. The lowest BCUT2D eigenvalue weighted by molar-refractivity contribution is -0.128. The fraction of sp³-hybridized carbons (Fsp3) is 0.576.